The molecular formula is C18H23FN4O2. The minimum Gasteiger partial charge on any atom is -0.356 e. The fraction of sp³-hybridized carbons (Fsp3) is 0.500. The molecule has 1 aliphatic carbocycles. The number of aromatic nitrogens is 2. The van der Waals surface area contributed by atoms with E-state index in [0.717, 1.165) is 23.3 Å². The molecule has 3 rings (SSSR count). The van der Waals surface area contributed by atoms with Crippen molar-refractivity contribution in [1.29, 1.82) is 0 Å². The molecular weight excluding hydrogens is 323 g/mol. The minimum absolute atomic E-state index is 0.0484. The van der Waals surface area contributed by atoms with E-state index in [-0.39, 0.29) is 30.0 Å². The summed E-state index contributed by atoms with van der Waals surface area (Å²) in [5, 5.41) is 5.62. The first-order valence-corrected chi connectivity index (χ1v) is 8.61. The van der Waals surface area contributed by atoms with Crippen LogP contribution in [0, 0.1) is 17.7 Å². The summed E-state index contributed by atoms with van der Waals surface area (Å²) >= 11 is 0. The lowest BCUT2D eigenvalue weighted by molar-refractivity contribution is -0.123. The van der Waals surface area contributed by atoms with Crippen molar-refractivity contribution in [1.82, 2.24) is 20.2 Å². The second kappa shape index (κ2) is 7.21. The first kappa shape index (κ1) is 17.4. The number of nitrogens with zero attached hydrogens (tertiary/aromatic N) is 2. The Morgan fingerprint density at radius 3 is 2.80 bits per heavy atom. The molecule has 1 saturated carbocycles. The molecule has 7 heteroatoms. The lowest BCUT2D eigenvalue weighted by atomic mass is 10.3. The third kappa shape index (κ3) is 4.15. The maximum Gasteiger partial charge on any atom is 0.223 e. The molecule has 0 aliphatic heterocycles. The summed E-state index contributed by atoms with van der Waals surface area (Å²) in [6.07, 6.45) is 1.77. The highest BCUT2D eigenvalue weighted by atomic mass is 19.1. The van der Waals surface area contributed by atoms with Gasteiger partial charge < -0.3 is 15.2 Å². The van der Waals surface area contributed by atoms with Gasteiger partial charge in [0, 0.05) is 38.9 Å². The number of nitrogens with one attached hydrogen (secondary N) is 2. The summed E-state index contributed by atoms with van der Waals surface area (Å²) in [6, 6.07) is 4.49. The summed E-state index contributed by atoms with van der Waals surface area (Å²) in [5.41, 5.74) is 1.47. The Hall–Kier alpha value is -2.44. The molecule has 1 fully saturated rings. The highest BCUT2D eigenvalue weighted by Crippen LogP contribution is 2.37. The summed E-state index contributed by atoms with van der Waals surface area (Å²) in [7, 11) is 1.83. The predicted molar refractivity (Wildman–Crippen MR) is 92.3 cm³/mol. The highest BCUT2D eigenvalue weighted by Gasteiger charge is 2.38. The highest BCUT2D eigenvalue weighted by molar-refractivity contribution is 5.82. The average molecular weight is 346 g/mol. The first-order chi connectivity index (χ1) is 12.0. The van der Waals surface area contributed by atoms with Crippen LogP contribution in [0.15, 0.2) is 18.2 Å². The van der Waals surface area contributed by atoms with E-state index in [1.165, 1.54) is 12.1 Å². The van der Waals surface area contributed by atoms with Gasteiger partial charge in [-0.3, -0.25) is 9.59 Å². The maximum atomic E-state index is 13.3. The number of hydrogen-bond donors (Lipinski definition) is 2. The molecule has 6 nitrogen and oxygen atoms in total. The third-order valence-corrected chi connectivity index (χ3v) is 4.70. The van der Waals surface area contributed by atoms with Crippen LogP contribution in [0.2, 0.25) is 0 Å². The van der Waals surface area contributed by atoms with Gasteiger partial charge in [-0.05, 0) is 30.5 Å². The van der Waals surface area contributed by atoms with Crippen LogP contribution in [0.3, 0.4) is 0 Å². The number of imidazole rings is 1. The number of amides is 2. The standard InChI is InChI=1S/C18H23FN4O2/c1-11-9-13(11)18(25)21-8-6-17(24)20-7-5-16-22-14-4-3-12(19)10-15(14)23(16)2/h3-4,10-11,13H,5-9H2,1-2H3,(H,20,24)(H,21,25). The number of fused-ring (bicyclic) bond motifs is 1. The molecule has 2 amide bonds. The number of aryl methyl sites for hydroxylation is 1. The number of carbonyl (C=O) groups is 2. The Kier molecular flexibility index (Phi) is 5.01. The van der Waals surface area contributed by atoms with Gasteiger partial charge in [-0.2, -0.15) is 0 Å². The van der Waals surface area contributed by atoms with Gasteiger partial charge in [-0.15, -0.1) is 0 Å². The number of benzene rings is 1. The van der Waals surface area contributed by atoms with Gasteiger partial charge in [0.2, 0.25) is 11.8 Å². The van der Waals surface area contributed by atoms with Crippen LogP contribution in [-0.2, 0) is 23.1 Å². The Bertz CT molecular complexity index is 802. The summed E-state index contributed by atoms with van der Waals surface area (Å²) in [6.45, 7) is 2.86. The van der Waals surface area contributed by atoms with Crippen molar-refractivity contribution in [2.75, 3.05) is 13.1 Å². The molecule has 2 aromatic rings. The molecule has 0 spiro atoms. The van der Waals surface area contributed by atoms with Gasteiger partial charge >= 0.3 is 0 Å². The topological polar surface area (TPSA) is 76.0 Å². The van der Waals surface area contributed by atoms with Gasteiger partial charge in [0.1, 0.15) is 11.6 Å². The Morgan fingerprint density at radius 1 is 1.32 bits per heavy atom. The van der Waals surface area contributed by atoms with E-state index in [0.29, 0.717) is 25.4 Å². The third-order valence-electron chi connectivity index (χ3n) is 4.70. The van der Waals surface area contributed by atoms with Gasteiger partial charge in [-0.1, -0.05) is 6.92 Å². The Morgan fingerprint density at radius 2 is 2.08 bits per heavy atom. The molecule has 134 valence electrons. The van der Waals surface area contributed by atoms with Crippen molar-refractivity contribution in [2.45, 2.75) is 26.2 Å². The van der Waals surface area contributed by atoms with Gasteiger partial charge in [0.25, 0.3) is 0 Å². The van der Waals surface area contributed by atoms with E-state index >= 15 is 0 Å². The largest absolute Gasteiger partial charge is 0.356 e. The van der Waals surface area contributed by atoms with Crippen LogP contribution in [-0.4, -0.2) is 34.5 Å². The number of rotatable bonds is 7. The summed E-state index contributed by atoms with van der Waals surface area (Å²) < 4.78 is 15.1. The number of hydrogen-bond acceptors (Lipinski definition) is 3. The molecule has 25 heavy (non-hydrogen) atoms. The lowest BCUT2D eigenvalue weighted by Crippen LogP contribution is -2.32. The normalized spacial score (nSPS) is 19.0. The van der Waals surface area contributed by atoms with Crippen molar-refractivity contribution in [3.63, 3.8) is 0 Å². The number of carbonyl (C=O) groups excluding carboxylic acids is 2. The van der Waals surface area contributed by atoms with Gasteiger partial charge in [-0.25, -0.2) is 9.37 Å². The molecule has 0 bridgehead atoms. The maximum absolute atomic E-state index is 13.3. The number of halogens is 1. The van der Waals surface area contributed by atoms with Crippen LogP contribution in [0.4, 0.5) is 4.39 Å². The molecule has 1 aliphatic rings. The van der Waals surface area contributed by atoms with Gasteiger partial charge in [0.15, 0.2) is 0 Å². The first-order valence-electron chi connectivity index (χ1n) is 8.61. The quantitative estimate of drug-likeness (QED) is 0.798. The smallest absolute Gasteiger partial charge is 0.223 e. The molecule has 1 aromatic heterocycles. The zero-order valence-corrected chi connectivity index (χ0v) is 14.5. The molecule has 0 radical (unpaired) electrons. The Balaban J connectivity index is 1.41. The molecule has 2 atom stereocenters. The molecule has 2 N–H and O–H groups in total. The zero-order valence-electron chi connectivity index (χ0n) is 14.5. The summed E-state index contributed by atoms with van der Waals surface area (Å²) in [5.74, 6) is 1.04. The van der Waals surface area contributed by atoms with E-state index in [9.17, 15) is 14.0 Å². The van der Waals surface area contributed by atoms with Crippen molar-refractivity contribution in [2.24, 2.45) is 18.9 Å². The van der Waals surface area contributed by atoms with Crippen LogP contribution in [0.5, 0.6) is 0 Å². The fourth-order valence-corrected chi connectivity index (χ4v) is 2.96. The molecule has 2 unspecified atom stereocenters. The van der Waals surface area contributed by atoms with E-state index < -0.39 is 0 Å². The second-order valence-corrected chi connectivity index (χ2v) is 6.68. The molecule has 0 saturated heterocycles. The van der Waals surface area contributed by atoms with E-state index in [2.05, 4.69) is 15.6 Å². The molecule has 1 heterocycles. The SMILES string of the molecule is CC1CC1C(=O)NCCC(=O)NCCc1nc2ccc(F)cc2n1C. The van der Waals surface area contributed by atoms with Crippen LogP contribution < -0.4 is 10.6 Å². The lowest BCUT2D eigenvalue weighted by Gasteiger charge is -2.07. The van der Waals surface area contributed by atoms with E-state index in [1.807, 2.05) is 18.5 Å². The fourth-order valence-electron chi connectivity index (χ4n) is 2.96. The summed E-state index contributed by atoms with van der Waals surface area (Å²) in [4.78, 5) is 27.9. The van der Waals surface area contributed by atoms with Crippen LogP contribution in [0.25, 0.3) is 11.0 Å². The van der Waals surface area contributed by atoms with Crippen molar-refractivity contribution in [3.8, 4) is 0 Å². The van der Waals surface area contributed by atoms with Crippen molar-refractivity contribution < 1.29 is 14.0 Å². The molecule has 1 aromatic carbocycles. The zero-order chi connectivity index (χ0) is 18.0. The van der Waals surface area contributed by atoms with Gasteiger partial charge in [0.05, 0.1) is 11.0 Å². The van der Waals surface area contributed by atoms with Crippen LogP contribution >= 0.6 is 0 Å². The minimum atomic E-state index is -0.294. The average Bonchev–Trinajstić information content (AvgIpc) is 3.23. The van der Waals surface area contributed by atoms with E-state index in [1.54, 1.807) is 6.07 Å². The Labute approximate surface area is 145 Å². The predicted octanol–water partition coefficient (Wildman–Crippen LogP) is 1.53. The van der Waals surface area contributed by atoms with Crippen LogP contribution in [0.1, 0.15) is 25.6 Å². The van der Waals surface area contributed by atoms with Crippen molar-refractivity contribution >= 4 is 22.8 Å². The monoisotopic (exact) mass is 346 g/mol. The second-order valence-electron chi connectivity index (χ2n) is 6.68. The van der Waals surface area contributed by atoms with E-state index in [4.69, 9.17) is 0 Å². The van der Waals surface area contributed by atoms with Crippen molar-refractivity contribution in [3.05, 3.63) is 29.8 Å².